The predicted octanol–water partition coefficient (Wildman–Crippen LogP) is -0.807. The molecule has 14 heavy (non-hydrogen) atoms. The third kappa shape index (κ3) is 6.15. The summed E-state index contributed by atoms with van der Waals surface area (Å²) in [5.41, 5.74) is 10.5. The summed E-state index contributed by atoms with van der Waals surface area (Å²) in [6.45, 7) is 0.265. The summed E-state index contributed by atoms with van der Waals surface area (Å²) in [4.78, 5) is 20.1. The molecule has 80 valence electrons. The number of nitrogens with two attached hydrogens (primary N) is 2. The highest BCUT2D eigenvalue weighted by atomic mass is 16.5. The lowest BCUT2D eigenvalue weighted by molar-refractivity contribution is -0.138. The van der Waals surface area contributed by atoms with Crippen molar-refractivity contribution in [2.45, 2.75) is 25.1 Å². The van der Waals surface area contributed by atoms with Crippen LogP contribution in [-0.2, 0) is 14.3 Å². The fraction of sp³-hybridized carbons (Fsp3) is 0.500. The highest BCUT2D eigenvalue weighted by Crippen LogP contribution is 1.95. The SMILES string of the molecule is N[C@@H](CC=CC[C@H](N)C(=O)O)OC=O. The van der Waals surface area contributed by atoms with Crippen LogP contribution >= 0.6 is 0 Å². The number of carboxylic acids is 1. The molecule has 0 radical (unpaired) electrons. The first-order chi connectivity index (χ1) is 6.57. The van der Waals surface area contributed by atoms with E-state index in [0.29, 0.717) is 6.42 Å². The lowest BCUT2D eigenvalue weighted by Crippen LogP contribution is -2.29. The number of carbonyl (C=O) groups is 2. The van der Waals surface area contributed by atoms with Crippen LogP contribution in [-0.4, -0.2) is 29.8 Å². The van der Waals surface area contributed by atoms with Crippen molar-refractivity contribution < 1.29 is 19.4 Å². The second-order valence-electron chi connectivity index (χ2n) is 2.66. The van der Waals surface area contributed by atoms with Crippen LogP contribution < -0.4 is 11.5 Å². The number of carbonyl (C=O) groups excluding carboxylic acids is 1. The summed E-state index contributed by atoms with van der Waals surface area (Å²) in [5.74, 6) is -1.05. The normalized spacial score (nSPS) is 15.0. The number of rotatable bonds is 7. The molecule has 0 spiro atoms. The van der Waals surface area contributed by atoms with E-state index in [1.807, 2.05) is 0 Å². The molecule has 0 fully saturated rings. The smallest absolute Gasteiger partial charge is 0.320 e. The minimum absolute atomic E-state index is 0.225. The predicted molar refractivity (Wildman–Crippen MR) is 49.1 cm³/mol. The van der Waals surface area contributed by atoms with Crippen molar-refractivity contribution in [1.82, 2.24) is 0 Å². The van der Waals surface area contributed by atoms with E-state index < -0.39 is 18.2 Å². The van der Waals surface area contributed by atoms with E-state index in [9.17, 15) is 9.59 Å². The Balaban J connectivity index is 3.63. The van der Waals surface area contributed by atoms with Crippen LogP contribution in [0.2, 0.25) is 0 Å². The zero-order chi connectivity index (χ0) is 11.0. The molecule has 0 bridgehead atoms. The Morgan fingerprint density at radius 2 is 1.93 bits per heavy atom. The molecule has 0 saturated heterocycles. The van der Waals surface area contributed by atoms with Crippen molar-refractivity contribution in [1.29, 1.82) is 0 Å². The van der Waals surface area contributed by atoms with Crippen molar-refractivity contribution in [2.24, 2.45) is 11.5 Å². The van der Waals surface area contributed by atoms with Crippen molar-refractivity contribution >= 4 is 12.4 Å². The van der Waals surface area contributed by atoms with Gasteiger partial charge in [0, 0.05) is 6.42 Å². The third-order valence-corrected chi connectivity index (χ3v) is 1.47. The standard InChI is InChI=1S/C8H14N2O4/c9-6(8(12)13)3-1-2-4-7(10)14-5-11/h1-2,5-7H,3-4,9-10H2,(H,12,13)/t6-,7+/m0/s1. The van der Waals surface area contributed by atoms with E-state index in [0.717, 1.165) is 0 Å². The maximum Gasteiger partial charge on any atom is 0.320 e. The van der Waals surface area contributed by atoms with Gasteiger partial charge in [-0.05, 0) is 6.42 Å². The molecule has 0 aliphatic heterocycles. The molecular weight excluding hydrogens is 188 g/mol. The minimum Gasteiger partial charge on any atom is -0.480 e. The maximum atomic E-state index is 10.3. The molecule has 0 rings (SSSR count). The summed E-state index contributed by atoms with van der Waals surface area (Å²) >= 11 is 0. The second-order valence-corrected chi connectivity index (χ2v) is 2.66. The Bertz CT molecular complexity index is 217. The average molecular weight is 202 g/mol. The van der Waals surface area contributed by atoms with Crippen LogP contribution in [0, 0.1) is 0 Å². The van der Waals surface area contributed by atoms with E-state index in [-0.39, 0.29) is 12.9 Å². The fourth-order valence-corrected chi connectivity index (χ4v) is 0.701. The average Bonchev–Trinajstić information content (AvgIpc) is 2.12. The molecule has 0 amide bonds. The van der Waals surface area contributed by atoms with E-state index >= 15 is 0 Å². The van der Waals surface area contributed by atoms with E-state index in [2.05, 4.69) is 4.74 Å². The third-order valence-electron chi connectivity index (χ3n) is 1.47. The van der Waals surface area contributed by atoms with Gasteiger partial charge in [-0.15, -0.1) is 0 Å². The molecule has 0 saturated carbocycles. The molecule has 6 nitrogen and oxygen atoms in total. The highest BCUT2D eigenvalue weighted by Gasteiger charge is 2.07. The Morgan fingerprint density at radius 3 is 2.43 bits per heavy atom. The second kappa shape index (κ2) is 7.05. The van der Waals surface area contributed by atoms with Crippen LogP contribution in [0.3, 0.4) is 0 Å². The van der Waals surface area contributed by atoms with E-state index in [1.54, 1.807) is 12.2 Å². The highest BCUT2D eigenvalue weighted by molar-refractivity contribution is 5.73. The molecule has 0 aromatic heterocycles. The Morgan fingerprint density at radius 1 is 1.36 bits per heavy atom. The van der Waals surface area contributed by atoms with E-state index in [1.165, 1.54) is 0 Å². The molecule has 0 aliphatic rings. The van der Waals surface area contributed by atoms with Gasteiger partial charge in [0.05, 0.1) is 0 Å². The van der Waals surface area contributed by atoms with Crippen LogP contribution in [0.1, 0.15) is 12.8 Å². The molecule has 0 aromatic rings. The van der Waals surface area contributed by atoms with Gasteiger partial charge in [-0.25, -0.2) is 0 Å². The van der Waals surface area contributed by atoms with Gasteiger partial charge in [0.2, 0.25) is 0 Å². The maximum absolute atomic E-state index is 10.3. The molecular formula is C8H14N2O4. The van der Waals surface area contributed by atoms with Crippen molar-refractivity contribution in [3.05, 3.63) is 12.2 Å². The zero-order valence-corrected chi connectivity index (χ0v) is 7.63. The quantitative estimate of drug-likeness (QED) is 0.282. The molecule has 0 aliphatic carbocycles. The number of hydrogen-bond acceptors (Lipinski definition) is 5. The Kier molecular flexibility index (Phi) is 6.34. The summed E-state index contributed by atoms with van der Waals surface area (Å²) in [5, 5.41) is 8.42. The van der Waals surface area contributed by atoms with Crippen molar-refractivity contribution in [2.75, 3.05) is 0 Å². The summed E-state index contributed by atoms with van der Waals surface area (Å²) < 4.78 is 4.39. The number of carboxylic acid groups (broad SMARTS) is 1. The van der Waals surface area contributed by atoms with Gasteiger partial charge in [-0.1, -0.05) is 12.2 Å². The lowest BCUT2D eigenvalue weighted by atomic mass is 10.2. The van der Waals surface area contributed by atoms with Gasteiger partial charge in [-0.3, -0.25) is 15.3 Å². The van der Waals surface area contributed by atoms with Crippen LogP contribution in [0.15, 0.2) is 12.2 Å². The number of hydrogen-bond donors (Lipinski definition) is 3. The van der Waals surface area contributed by atoms with Gasteiger partial charge >= 0.3 is 5.97 Å². The van der Waals surface area contributed by atoms with Crippen LogP contribution in [0.25, 0.3) is 0 Å². The summed E-state index contributed by atoms with van der Waals surface area (Å²) in [6.07, 6.45) is 3.09. The van der Waals surface area contributed by atoms with Crippen LogP contribution in [0.5, 0.6) is 0 Å². The molecule has 0 heterocycles. The topological polar surface area (TPSA) is 116 Å². The van der Waals surface area contributed by atoms with Gasteiger partial charge < -0.3 is 15.6 Å². The first kappa shape index (κ1) is 12.6. The molecule has 0 aromatic carbocycles. The lowest BCUT2D eigenvalue weighted by Gasteiger charge is -2.05. The monoisotopic (exact) mass is 202 g/mol. The Hall–Kier alpha value is -1.40. The molecule has 6 heteroatoms. The van der Waals surface area contributed by atoms with E-state index in [4.69, 9.17) is 16.6 Å². The minimum atomic E-state index is -1.05. The van der Waals surface area contributed by atoms with Gasteiger partial charge in [0.15, 0.2) is 6.23 Å². The fourth-order valence-electron chi connectivity index (χ4n) is 0.701. The van der Waals surface area contributed by atoms with Crippen LogP contribution in [0.4, 0.5) is 0 Å². The first-order valence-corrected chi connectivity index (χ1v) is 4.06. The van der Waals surface area contributed by atoms with Gasteiger partial charge in [0.25, 0.3) is 6.47 Å². The molecule has 5 N–H and O–H groups in total. The van der Waals surface area contributed by atoms with Crippen molar-refractivity contribution in [3.63, 3.8) is 0 Å². The van der Waals surface area contributed by atoms with Gasteiger partial charge in [0.1, 0.15) is 6.04 Å². The summed E-state index contributed by atoms with van der Waals surface area (Å²) in [6, 6.07) is -0.908. The molecule has 0 unspecified atom stereocenters. The summed E-state index contributed by atoms with van der Waals surface area (Å²) in [7, 11) is 0. The largest absolute Gasteiger partial charge is 0.480 e. The number of ether oxygens (including phenoxy) is 1. The van der Waals surface area contributed by atoms with Crippen molar-refractivity contribution in [3.8, 4) is 0 Å². The number of aliphatic carboxylic acids is 1. The Labute approximate surface area is 81.5 Å². The molecule has 2 atom stereocenters. The van der Waals surface area contributed by atoms with Gasteiger partial charge in [-0.2, -0.15) is 0 Å². The first-order valence-electron chi connectivity index (χ1n) is 4.06. The zero-order valence-electron chi connectivity index (χ0n) is 7.63.